The van der Waals surface area contributed by atoms with E-state index in [9.17, 15) is 51.1 Å². The Hall–Kier alpha value is -17.7. The molecule has 0 saturated carbocycles. The fourth-order valence-electron chi connectivity index (χ4n) is 17.5. The number of aromatic hydroxyl groups is 10. The molecule has 0 atom stereocenters. The Balaban J connectivity index is 0.000000116. The zero-order chi connectivity index (χ0) is 93.8. The van der Waals surface area contributed by atoms with Gasteiger partial charge in [-0.05, 0) is 164 Å². The molecule has 136 heavy (non-hydrogen) atoms. The van der Waals surface area contributed by atoms with Crippen LogP contribution in [0.2, 0.25) is 0 Å². The minimum absolute atomic E-state index is 0.0246. The fraction of sp³-hybridized carbons (Fsp3) is 0.105. The number of phenols is 10. The highest BCUT2D eigenvalue weighted by Crippen LogP contribution is 2.49. The van der Waals surface area contributed by atoms with Gasteiger partial charge in [-0.2, -0.15) is 19.9 Å². The number of fused-ring (bicyclic) bond motifs is 10. The molecule has 0 aliphatic heterocycles. The number of hydrogen-bond acceptors (Lipinski definition) is 22. The summed E-state index contributed by atoms with van der Waals surface area (Å²) < 4.78 is 23.5. The summed E-state index contributed by atoms with van der Waals surface area (Å²) in [5, 5.41) is 125. The van der Waals surface area contributed by atoms with Gasteiger partial charge in [0.15, 0.2) is 23.3 Å². The Kier molecular flexibility index (Phi) is 24.5. The Bertz CT molecular complexity index is 8210. The third-order valence-electron chi connectivity index (χ3n) is 23.6. The van der Waals surface area contributed by atoms with Crippen molar-refractivity contribution in [3.05, 3.63) is 315 Å². The number of ether oxygens (including phenoxy) is 4. The first-order valence-electron chi connectivity index (χ1n) is 44.8. The van der Waals surface area contributed by atoms with E-state index >= 15 is 0 Å². The van der Waals surface area contributed by atoms with E-state index < -0.39 is 0 Å². The minimum Gasteiger partial charge on any atom is -0.508 e. The third kappa shape index (κ3) is 17.5. The molecule has 4 heterocycles. The van der Waals surface area contributed by atoms with Gasteiger partial charge in [-0.3, -0.25) is 0 Å². The maximum Gasteiger partial charge on any atom is 0.217 e. The van der Waals surface area contributed by atoms with E-state index in [-0.39, 0.29) is 91.7 Å². The molecule has 22 heteroatoms. The first-order chi connectivity index (χ1) is 66.3. The largest absolute Gasteiger partial charge is 0.508 e. The maximum atomic E-state index is 10.5. The van der Waals surface area contributed by atoms with E-state index in [1.54, 1.807) is 30.3 Å². The second-order valence-corrected chi connectivity index (χ2v) is 32.9. The molecule has 0 unspecified atom stereocenters. The first-order valence-corrected chi connectivity index (χ1v) is 44.8. The summed E-state index contributed by atoms with van der Waals surface area (Å²) >= 11 is 0. The first kappa shape index (κ1) is 87.7. The van der Waals surface area contributed by atoms with Crippen LogP contribution in [0.4, 0.5) is 0 Å². The van der Waals surface area contributed by atoms with Gasteiger partial charge in [0.2, 0.25) is 23.5 Å². The van der Waals surface area contributed by atoms with Crippen molar-refractivity contribution in [3.63, 3.8) is 0 Å². The molecular formula is C114H90N8O14. The maximum absolute atomic E-state index is 10.5. The highest BCUT2D eigenvalue weighted by atomic mass is 16.5. The van der Waals surface area contributed by atoms with Crippen LogP contribution in [0, 0.1) is 0 Å². The predicted octanol–water partition coefficient (Wildman–Crippen LogP) is 26.4. The van der Waals surface area contributed by atoms with Crippen molar-refractivity contribution in [2.75, 3.05) is 26.4 Å². The summed E-state index contributed by atoms with van der Waals surface area (Å²) in [5.74, 6) is -0.331. The van der Waals surface area contributed by atoms with Crippen LogP contribution in [-0.2, 0) is 0 Å². The quantitative estimate of drug-likeness (QED) is 0.0250. The Morgan fingerprint density at radius 2 is 0.507 bits per heavy atom. The van der Waals surface area contributed by atoms with Crippen LogP contribution in [0.5, 0.6) is 81.0 Å². The van der Waals surface area contributed by atoms with Crippen molar-refractivity contribution < 1.29 is 70.0 Å². The molecule has 10 N–H and O–H groups in total. The van der Waals surface area contributed by atoms with Gasteiger partial charge < -0.3 is 70.0 Å². The van der Waals surface area contributed by atoms with Gasteiger partial charge in [0.25, 0.3) is 0 Å². The van der Waals surface area contributed by atoms with E-state index in [0.717, 1.165) is 171 Å². The lowest BCUT2D eigenvalue weighted by Gasteiger charge is -2.15. The molecule has 0 amide bonds. The minimum atomic E-state index is -0.328. The number of phenolic OH excluding ortho intramolecular Hbond substituents is 10. The van der Waals surface area contributed by atoms with Crippen molar-refractivity contribution in [3.8, 4) is 172 Å². The molecule has 22 aromatic rings. The highest BCUT2D eigenvalue weighted by Gasteiger charge is 2.26. The molecule has 670 valence electrons. The van der Waals surface area contributed by atoms with Gasteiger partial charge >= 0.3 is 0 Å². The summed E-state index contributed by atoms with van der Waals surface area (Å²) in [6.45, 7) is 10.00. The summed E-state index contributed by atoms with van der Waals surface area (Å²) in [4.78, 5) is 37.0. The molecule has 0 bridgehead atoms. The number of benzene rings is 18. The van der Waals surface area contributed by atoms with Gasteiger partial charge in [-0.25, -0.2) is 19.9 Å². The average molecular weight is 1800 g/mol. The van der Waals surface area contributed by atoms with Crippen molar-refractivity contribution in [2.45, 2.75) is 53.4 Å². The summed E-state index contributed by atoms with van der Waals surface area (Å²) in [5.41, 5.74) is 6.91. The van der Waals surface area contributed by atoms with E-state index in [1.807, 2.05) is 130 Å². The topological polar surface area (TPSA) is 342 Å². The van der Waals surface area contributed by atoms with Crippen LogP contribution in [0.3, 0.4) is 0 Å². The number of aromatic nitrogens is 8. The van der Waals surface area contributed by atoms with Crippen LogP contribution in [0.25, 0.3) is 198 Å². The lowest BCUT2D eigenvalue weighted by molar-refractivity contribution is 0.305. The Morgan fingerprint density at radius 1 is 0.191 bits per heavy atom. The molecule has 22 nitrogen and oxygen atoms in total. The van der Waals surface area contributed by atoms with Crippen molar-refractivity contribution >= 4 is 108 Å². The van der Waals surface area contributed by atoms with Crippen LogP contribution >= 0.6 is 0 Å². The monoisotopic (exact) mass is 1790 g/mol. The summed E-state index contributed by atoms with van der Waals surface area (Å²) in [7, 11) is 0. The fourth-order valence-corrected chi connectivity index (χ4v) is 17.5. The van der Waals surface area contributed by atoms with Crippen molar-refractivity contribution in [1.82, 2.24) is 39.9 Å². The molecule has 0 spiro atoms. The second kappa shape index (κ2) is 38.0. The van der Waals surface area contributed by atoms with Gasteiger partial charge in [0, 0.05) is 82.9 Å². The lowest BCUT2D eigenvalue weighted by Crippen LogP contribution is -2.02. The van der Waals surface area contributed by atoms with Crippen LogP contribution in [0.15, 0.2) is 315 Å². The summed E-state index contributed by atoms with van der Waals surface area (Å²) in [6, 6.07) is 100. The highest BCUT2D eigenvalue weighted by molar-refractivity contribution is 6.26. The molecule has 22 rings (SSSR count). The zero-order valence-corrected chi connectivity index (χ0v) is 74.4. The van der Waals surface area contributed by atoms with Crippen LogP contribution < -0.4 is 18.9 Å². The molecular weight excluding hydrogens is 1710 g/mol. The standard InChI is InChI=1S/C31H24N2O4.C29H22N2O2.2C27H22N2O4/c1-2-13-37-29-17-26(32-31(33-29)30-27(35)14-19(34)15-28(30)36)25-16-24-20-8-4-3-7-18(20)11-12-23(24)21-9-5-6-10-22(21)25;1-2-16-33-26-17-24(30-29(31-26)23-8-3-4-9-25(23)32)21-14-12-20-11-10-18-6-5-7-19-13-15-22(21)28(20)27(18)19;1-2-11-33-24-15-21(28-27(29-24)26-22(31)13-18(30)14-23(26)32)25-19-9-5-3-7-16(19)12-17-8-4-6-10-20(17)25;1-2-11-33-25-15-22(28-27(29-25)26-23(31)13-17(30)14-24(26)32)21-12-16-7-3-4-8-18(16)19-9-5-6-10-20(19)21/h3-12,14-17,34-36H,2,13H2,1H3;3-15,17,32H,2,16H2,1H3;2*3-10,12-15,30-32H,2,11H2,1H3. The number of para-hydroxylation sites is 1. The number of hydrogen-bond donors (Lipinski definition) is 10. The van der Waals surface area contributed by atoms with Gasteiger partial charge in [-0.15, -0.1) is 0 Å². The molecule has 0 saturated heterocycles. The van der Waals surface area contributed by atoms with Crippen molar-refractivity contribution in [1.29, 1.82) is 0 Å². The van der Waals surface area contributed by atoms with Gasteiger partial charge in [-0.1, -0.05) is 252 Å². The van der Waals surface area contributed by atoms with E-state index in [1.165, 1.54) is 26.9 Å². The van der Waals surface area contributed by atoms with E-state index in [4.69, 9.17) is 38.9 Å². The predicted molar refractivity (Wildman–Crippen MR) is 538 cm³/mol. The van der Waals surface area contributed by atoms with Gasteiger partial charge in [0.05, 0.1) is 54.8 Å². The molecule has 0 aliphatic carbocycles. The normalized spacial score (nSPS) is 11.3. The number of rotatable bonds is 20. The summed E-state index contributed by atoms with van der Waals surface area (Å²) in [6.07, 6.45) is 3.25. The lowest BCUT2D eigenvalue weighted by atomic mass is 9.91. The molecule has 0 radical (unpaired) electrons. The average Bonchev–Trinajstić information content (AvgIpc) is 0.738. The zero-order valence-electron chi connectivity index (χ0n) is 74.4. The van der Waals surface area contributed by atoms with E-state index in [2.05, 4.69) is 166 Å². The van der Waals surface area contributed by atoms with Crippen LogP contribution in [-0.4, -0.2) is 117 Å². The molecule has 0 aliphatic rings. The van der Waals surface area contributed by atoms with Crippen molar-refractivity contribution in [2.24, 2.45) is 0 Å². The molecule has 4 aromatic heterocycles. The van der Waals surface area contributed by atoms with E-state index in [0.29, 0.717) is 78.4 Å². The third-order valence-corrected chi connectivity index (χ3v) is 23.6. The Morgan fingerprint density at radius 3 is 0.978 bits per heavy atom. The SMILES string of the molecule is CCCOc1cc(-c2c3ccccc3cc3ccccc23)nc(-c2c(O)cc(O)cc2O)n1.CCCOc1cc(-c2cc3c4ccccc4ccc3c3ccccc23)nc(-c2c(O)cc(O)cc2O)n1.CCCOc1cc(-c2cc3ccccc3c3ccccc23)nc(-c2c(O)cc(O)cc2O)n1.CCCOc1cc(-c2ccc3ccc4cccc5ccc2c3c45)nc(-c2ccccc2O)n1. The Labute approximate surface area is 779 Å². The van der Waals surface area contributed by atoms with Gasteiger partial charge in [0.1, 0.15) is 74.2 Å². The molecule has 0 fully saturated rings. The smallest absolute Gasteiger partial charge is 0.217 e. The second-order valence-electron chi connectivity index (χ2n) is 32.9. The molecule has 18 aromatic carbocycles. The number of nitrogens with zero attached hydrogens (tertiary/aromatic N) is 8. The van der Waals surface area contributed by atoms with Crippen LogP contribution in [0.1, 0.15) is 53.4 Å².